The summed E-state index contributed by atoms with van der Waals surface area (Å²) in [6, 6.07) is 0. The van der Waals surface area contributed by atoms with Crippen LogP contribution in [0.5, 0.6) is 0 Å². The number of aliphatic hydroxyl groups is 1. The van der Waals surface area contributed by atoms with Crippen molar-refractivity contribution in [2.45, 2.75) is 12.5 Å². The molecule has 1 heterocycles. The lowest BCUT2D eigenvalue weighted by molar-refractivity contribution is -0.130. The minimum atomic E-state index is -0.353. The Balaban J connectivity index is 2.35. The number of nitrogens with one attached hydrogen (secondary N) is 1. The molecule has 0 spiro atoms. The van der Waals surface area contributed by atoms with E-state index in [1.165, 1.54) is 0 Å². The lowest BCUT2D eigenvalue weighted by Gasteiger charge is -2.15. The predicted octanol–water partition coefficient (Wildman–Crippen LogP) is -0.955. The number of carbonyl (C=O) groups is 1. The summed E-state index contributed by atoms with van der Waals surface area (Å²) in [7, 11) is 3.47. The Bertz CT molecular complexity index is 170. The molecule has 0 aromatic rings. The van der Waals surface area contributed by atoms with Gasteiger partial charge in [0.25, 0.3) is 0 Å². The number of nitrogens with zero attached hydrogens (tertiary/aromatic N) is 1. The first-order valence-electron chi connectivity index (χ1n) is 4.20. The normalized spacial score (nSPS) is 28.9. The third kappa shape index (κ3) is 2.19. The number of β-amino-alcohol motifs (C(OH)–C–C–N with tert-alkyl or cyclic N) is 1. The predicted molar refractivity (Wildman–Crippen MR) is 45.7 cm³/mol. The second-order valence-corrected chi connectivity index (χ2v) is 3.48. The monoisotopic (exact) mass is 172 g/mol. The van der Waals surface area contributed by atoms with E-state index in [1.807, 2.05) is 0 Å². The summed E-state index contributed by atoms with van der Waals surface area (Å²) < 4.78 is 0. The zero-order valence-corrected chi connectivity index (χ0v) is 7.58. The molecular formula is C8H16N2O2. The Kier molecular flexibility index (Phi) is 3.05. The number of aliphatic hydroxyl groups excluding tert-OH is 1. The van der Waals surface area contributed by atoms with Crippen molar-refractivity contribution < 1.29 is 9.90 Å². The largest absolute Gasteiger partial charge is 0.391 e. The Morgan fingerprint density at radius 2 is 2.25 bits per heavy atom. The summed E-state index contributed by atoms with van der Waals surface area (Å²) in [5, 5.41) is 12.4. The number of hydrogen-bond donors (Lipinski definition) is 2. The van der Waals surface area contributed by atoms with Crippen LogP contribution in [0.2, 0.25) is 0 Å². The Labute approximate surface area is 72.6 Å². The average molecular weight is 172 g/mol. The fourth-order valence-electron chi connectivity index (χ4n) is 1.33. The van der Waals surface area contributed by atoms with Gasteiger partial charge in [-0.1, -0.05) is 0 Å². The molecule has 12 heavy (non-hydrogen) atoms. The van der Waals surface area contributed by atoms with E-state index in [1.54, 1.807) is 19.0 Å². The smallest absolute Gasteiger partial charge is 0.222 e. The van der Waals surface area contributed by atoms with Gasteiger partial charge in [0.2, 0.25) is 5.91 Å². The zero-order chi connectivity index (χ0) is 9.14. The summed E-state index contributed by atoms with van der Waals surface area (Å²) in [6.45, 7) is 1.37. The maximum Gasteiger partial charge on any atom is 0.222 e. The lowest BCUT2D eigenvalue weighted by atomic mass is 10.0. The number of amides is 1. The zero-order valence-electron chi connectivity index (χ0n) is 7.58. The van der Waals surface area contributed by atoms with E-state index in [0.717, 1.165) is 6.54 Å². The van der Waals surface area contributed by atoms with Crippen molar-refractivity contribution in [2.24, 2.45) is 5.92 Å². The highest BCUT2D eigenvalue weighted by molar-refractivity contribution is 5.75. The number of carbonyl (C=O) groups excluding carboxylic acids is 1. The van der Waals surface area contributed by atoms with Gasteiger partial charge in [-0.15, -0.1) is 0 Å². The highest BCUT2D eigenvalue weighted by Crippen LogP contribution is 2.13. The van der Waals surface area contributed by atoms with Crippen LogP contribution in [0.4, 0.5) is 0 Å². The molecule has 1 aliphatic rings. The van der Waals surface area contributed by atoms with E-state index in [4.69, 9.17) is 0 Å². The Morgan fingerprint density at radius 3 is 2.67 bits per heavy atom. The van der Waals surface area contributed by atoms with Crippen molar-refractivity contribution in [3.05, 3.63) is 0 Å². The topological polar surface area (TPSA) is 52.6 Å². The highest BCUT2D eigenvalue weighted by Gasteiger charge is 2.27. The standard InChI is InChI=1S/C8H16N2O2/c1-10(2)8(12)3-6-4-9-5-7(6)11/h6-7,9,11H,3-5H2,1-2H3. The van der Waals surface area contributed by atoms with E-state index in [2.05, 4.69) is 5.32 Å². The first-order chi connectivity index (χ1) is 5.61. The van der Waals surface area contributed by atoms with Gasteiger partial charge in [0.15, 0.2) is 0 Å². The second-order valence-electron chi connectivity index (χ2n) is 3.48. The molecule has 0 bridgehead atoms. The van der Waals surface area contributed by atoms with E-state index < -0.39 is 0 Å². The molecule has 0 aromatic heterocycles. The molecule has 2 atom stereocenters. The van der Waals surface area contributed by atoms with Crippen molar-refractivity contribution >= 4 is 5.91 Å². The van der Waals surface area contributed by atoms with Gasteiger partial charge in [-0.2, -0.15) is 0 Å². The van der Waals surface area contributed by atoms with Crippen LogP contribution in [0.1, 0.15) is 6.42 Å². The average Bonchev–Trinajstić information content (AvgIpc) is 2.36. The van der Waals surface area contributed by atoms with E-state index in [9.17, 15) is 9.90 Å². The number of hydrogen-bond acceptors (Lipinski definition) is 3. The number of rotatable bonds is 2. The molecule has 0 aliphatic carbocycles. The SMILES string of the molecule is CN(C)C(=O)CC1CNCC1O. The van der Waals surface area contributed by atoms with Crippen LogP contribution in [0, 0.1) is 5.92 Å². The van der Waals surface area contributed by atoms with E-state index in [0.29, 0.717) is 13.0 Å². The molecule has 0 radical (unpaired) electrons. The van der Waals surface area contributed by atoms with Gasteiger partial charge in [-0.05, 0) is 0 Å². The fraction of sp³-hybridized carbons (Fsp3) is 0.875. The summed E-state index contributed by atoms with van der Waals surface area (Å²) >= 11 is 0. The molecule has 2 unspecified atom stereocenters. The molecule has 1 rings (SSSR count). The third-order valence-corrected chi connectivity index (χ3v) is 2.24. The van der Waals surface area contributed by atoms with Crippen LogP contribution in [0.25, 0.3) is 0 Å². The van der Waals surface area contributed by atoms with Crippen LogP contribution in [-0.4, -0.2) is 49.2 Å². The van der Waals surface area contributed by atoms with Crippen LogP contribution >= 0.6 is 0 Å². The third-order valence-electron chi connectivity index (χ3n) is 2.24. The molecule has 4 nitrogen and oxygen atoms in total. The molecule has 0 aromatic carbocycles. The summed E-state index contributed by atoms with van der Waals surface area (Å²) in [6.07, 6.45) is 0.0927. The first-order valence-corrected chi connectivity index (χ1v) is 4.20. The van der Waals surface area contributed by atoms with Crippen LogP contribution in [-0.2, 0) is 4.79 Å². The van der Waals surface area contributed by atoms with Gasteiger partial charge in [-0.3, -0.25) is 4.79 Å². The second kappa shape index (κ2) is 3.87. The molecule has 1 amide bonds. The highest BCUT2D eigenvalue weighted by atomic mass is 16.3. The van der Waals surface area contributed by atoms with Gasteiger partial charge in [-0.25, -0.2) is 0 Å². The van der Waals surface area contributed by atoms with Crippen LogP contribution in [0.3, 0.4) is 0 Å². The molecule has 70 valence electrons. The fourth-order valence-corrected chi connectivity index (χ4v) is 1.33. The summed E-state index contributed by atoms with van der Waals surface area (Å²) in [5.74, 6) is 0.183. The summed E-state index contributed by atoms with van der Waals surface area (Å²) in [4.78, 5) is 12.8. The molecule has 1 saturated heterocycles. The Hall–Kier alpha value is -0.610. The molecule has 4 heteroatoms. The van der Waals surface area contributed by atoms with Crippen molar-refractivity contribution in [3.63, 3.8) is 0 Å². The van der Waals surface area contributed by atoms with Crippen LogP contribution < -0.4 is 5.32 Å². The van der Waals surface area contributed by atoms with Crippen molar-refractivity contribution in [1.82, 2.24) is 10.2 Å². The van der Waals surface area contributed by atoms with Gasteiger partial charge in [0.1, 0.15) is 0 Å². The van der Waals surface area contributed by atoms with Crippen molar-refractivity contribution in [3.8, 4) is 0 Å². The van der Waals surface area contributed by atoms with E-state index in [-0.39, 0.29) is 17.9 Å². The molecular weight excluding hydrogens is 156 g/mol. The Morgan fingerprint density at radius 1 is 1.58 bits per heavy atom. The van der Waals surface area contributed by atoms with E-state index >= 15 is 0 Å². The molecule has 2 N–H and O–H groups in total. The maximum absolute atomic E-state index is 11.2. The molecule has 1 fully saturated rings. The minimum absolute atomic E-state index is 0.0859. The quantitative estimate of drug-likeness (QED) is 0.564. The summed E-state index contributed by atoms with van der Waals surface area (Å²) in [5.41, 5.74) is 0. The minimum Gasteiger partial charge on any atom is -0.391 e. The van der Waals surface area contributed by atoms with Crippen molar-refractivity contribution in [1.29, 1.82) is 0 Å². The molecule has 1 aliphatic heterocycles. The molecule has 0 saturated carbocycles. The lowest BCUT2D eigenvalue weighted by Crippen LogP contribution is -2.28. The maximum atomic E-state index is 11.2. The van der Waals surface area contributed by atoms with Gasteiger partial charge in [0.05, 0.1) is 6.10 Å². The van der Waals surface area contributed by atoms with Gasteiger partial charge in [0, 0.05) is 39.5 Å². The van der Waals surface area contributed by atoms with Gasteiger partial charge < -0.3 is 15.3 Å². The van der Waals surface area contributed by atoms with Crippen molar-refractivity contribution in [2.75, 3.05) is 27.2 Å². The van der Waals surface area contributed by atoms with Crippen LogP contribution in [0.15, 0.2) is 0 Å². The van der Waals surface area contributed by atoms with Gasteiger partial charge >= 0.3 is 0 Å². The first kappa shape index (κ1) is 9.48.